The summed E-state index contributed by atoms with van der Waals surface area (Å²) in [5, 5.41) is 10.5. The number of non-ortho nitro benzene ring substituents is 1. The molecule has 1 aromatic carbocycles. The topological polar surface area (TPSA) is 89.8 Å². The summed E-state index contributed by atoms with van der Waals surface area (Å²) in [6.45, 7) is 0.763. The van der Waals surface area contributed by atoms with Gasteiger partial charge in [0.25, 0.3) is 5.69 Å². The van der Waals surface area contributed by atoms with Gasteiger partial charge >= 0.3 is 0 Å². The number of morpholine rings is 1. The molecule has 104 valence electrons. The standard InChI is InChI=1S/C10H11FN2O5S/c11-9-7-8(13(14)15)1-2-10(9)19(16,17)12-3-5-18-6-4-12/h1-2,7H,3-6H2. The zero-order chi connectivity index (χ0) is 14.0. The van der Waals surface area contributed by atoms with Crippen LogP contribution in [0.5, 0.6) is 0 Å². The van der Waals surface area contributed by atoms with E-state index in [9.17, 15) is 22.9 Å². The van der Waals surface area contributed by atoms with Gasteiger partial charge in [-0.05, 0) is 6.07 Å². The fourth-order valence-electron chi connectivity index (χ4n) is 1.74. The number of sulfonamides is 1. The number of nitro benzene ring substituents is 1. The van der Waals surface area contributed by atoms with Crippen LogP contribution in [0.3, 0.4) is 0 Å². The lowest BCUT2D eigenvalue weighted by molar-refractivity contribution is -0.385. The van der Waals surface area contributed by atoms with Gasteiger partial charge in [-0.15, -0.1) is 0 Å². The van der Waals surface area contributed by atoms with Gasteiger partial charge in [0.2, 0.25) is 10.0 Å². The van der Waals surface area contributed by atoms with Gasteiger partial charge in [-0.25, -0.2) is 12.8 Å². The Morgan fingerprint density at radius 2 is 1.95 bits per heavy atom. The zero-order valence-electron chi connectivity index (χ0n) is 9.78. The van der Waals surface area contributed by atoms with Gasteiger partial charge < -0.3 is 4.74 Å². The molecule has 0 spiro atoms. The van der Waals surface area contributed by atoms with Gasteiger partial charge in [-0.2, -0.15) is 4.31 Å². The lowest BCUT2D eigenvalue weighted by Gasteiger charge is -2.26. The predicted octanol–water partition coefficient (Wildman–Crippen LogP) is 0.755. The first-order valence-corrected chi connectivity index (χ1v) is 6.89. The first-order chi connectivity index (χ1) is 8.93. The van der Waals surface area contributed by atoms with Gasteiger partial charge in [-0.1, -0.05) is 0 Å². The summed E-state index contributed by atoms with van der Waals surface area (Å²) >= 11 is 0. The maximum atomic E-state index is 13.7. The molecule has 1 aliphatic heterocycles. The Bertz CT molecular complexity index is 598. The fourth-order valence-corrected chi connectivity index (χ4v) is 3.19. The van der Waals surface area contributed by atoms with E-state index in [-0.39, 0.29) is 26.3 Å². The molecule has 9 heteroatoms. The molecule has 1 fully saturated rings. The molecule has 1 aromatic rings. The van der Waals surface area contributed by atoms with Crippen LogP contribution in [-0.4, -0.2) is 43.9 Å². The maximum Gasteiger partial charge on any atom is 0.272 e. The SMILES string of the molecule is O=[N+]([O-])c1ccc(S(=O)(=O)N2CCOCC2)c(F)c1. The van der Waals surface area contributed by atoms with Crippen LogP contribution in [0.15, 0.2) is 23.1 Å². The van der Waals surface area contributed by atoms with Crippen molar-refractivity contribution in [2.24, 2.45) is 0 Å². The van der Waals surface area contributed by atoms with Crippen molar-refractivity contribution in [2.45, 2.75) is 4.90 Å². The normalized spacial score (nSPS) is 17.3. The van der Waals surface area contributed by atoms with E-state index in [0.29, 0.717) is 6.07 Å². The Kier molecular flexibility index (Phi) is 3.78. The highest BCUT2D eigenvalue weighted by Gasteiger charge is 2.29. The minimum atomic E-state index is -3.98. The van der Waals surface area contributed by atoms with Crippen LogP contribution in [0.1, 0.15) is 0 Å². The molecule has 0 aromatic heterocycles. The van der Waals surface area contributed by atoms with E-state index < -0.39 is 31.3 Å². The maximum absolute atomic E-state index is 13.7. The van der Waals surface area contributed by atoms with Crippen LogP contribution < -0.4 is 0 Å². The largest absolute Gasteiger partial charge is 0.379 e. The summed E-state index contributed by atoms with van der Waals surface area (Å²) in [5.74, 6) is -1.12. The van der Waals surface area contributed by atoms with Crippen molar-refractivity contribution in [3.8, 4) is 0 Å². The molecule has 0 radical (unpaired) electrons. The molecule has 0 amide bonds. The zero-order valence-corrected chi connectivity index (χ0v) is 10.6. The van der Waals surface area contributed by atoms with Gasteiger partial charge in [0, 0.05) is 19.2 Å². The van der Waals surface area contributed by atoms with Crippen LogP contribution in [0.25, 0.3) is 0 Å². The number of ether oxygens (including phenoxy) is 1. The second-order valence-electron chi connectivity index (χ2n) is 3.89. The van der Waals surface area contributed by atoms with Crippen molar-refractivity contribution >= 4 is 15.7 Å². The third-order valence-corrected chi connectivity index (χ3v) is 4.65. The first kappa shape index (κ1) is 13.8. The minimum absolute atomic E-state index is 0.138. The van der Waals surface area contributed by atoms with E-state index in [0.717, 1.165) is 16.4 Å². The number of rotatable bonds is 3. The third-order valence-electron chi connectivity index (χ3n) is 2.71. The Morgan fingerprint density at radius 3 is 2.47 bits per heavy atom. The van der Waals surface area contributed by atoms with Crippen LogP contribution >= 0.6 is 0 Å². The van der Waals surface area contributed by atoms with E-state index in [2.05, 4.69) is 0 Å². The molecule has 0 atom stereocenters. The van der Waals surface area contributed by atoms with Crippen LogP contribution in [0.2, 0.25) is 0 Å². The number of hydrogen-bond donors (Lipinski definition) is 0. The first-order valence-electron chi connectivity index (χ1n) is 5.45. The molecule has 1 heterocycles. The van der Waals surface area contributed by atoms with Gasteiger partial charge in [0.1, 0.15) is 10.7 Å². The van der Waals surface area contributed by atoms with Crippen molar-refractivity contribution in [3.05, 3.63) is 34.1 Å². The van der Waals surface area contributed by atoms with Crippen LogP contribution in [-0.2, 0) is 14.8 Å². The van der Waals surface area contributed by atoms with Crippen LogP contribution in [0, 0.1) is 15.9 Å². The lowest BCUT2D eigenvalue weighted by atomic mass is 10.3. The van der Waals surface area contributed by atoms with E-state index in [1.165, 1.54) is 0 Å². The monoisotopic (exact) mass is 290 g/mol. The minimum Gasteiger partial charge on any atom is -0.379 e. The summed E-state index contributed by atoms with van der Waals surface area (Å²) in [5.41, 5.74) is -0.488. The van der Waals surface area contributed by atoms with Crippen molar-refractivity contribution in [1.29, 1.82) is 0 Å². The highest BCUT2D eigenvalue weighted by Crippen LogP contribution is 2.23. The Labute approximate surface area is 108 Å². The number of nitro groups is 1. The smallest absolute Gasteiger partial charge is 0.272 e. The quantitative estimate of drug-likeness (QED) is 0.605. The second kappa shape index (κ2) is 5.19. The molecule has 2 rings (SSSR count). The number of halogens is 1. The predicted molar refractivity (Wildman–Crippen MR) is 62.6 cm³/mol. The molecule has 1 aliphatic rings. The highest BCUT2D eigenvalue weighted by molar-refractivity contribution is 7.89. The second-order valence-corrected chi connectivity index (χ2v) is 5.79. The fraction of sp³-hybridized carbons (Fsp3) is 0.400. The van der Waals surface area contributed by atoms with Gasteiger partial charge in [0.05, 0.1) is 24.2 Å². The number of nitrogens with zero attached hydrogens (tertiary/aromatic N) is 2. The summed E-state index contributed by atoms with van der Waals surface area (Å²) in [7, 11) is -3.98. The molecule has 0 aliphatic carbocycles. The Hall–Kier alpha value is -1.58. The van der Waals surface area contributed by atoms with Crippen molar-refractivity contribution in [2.75, 3.05) is 26.3 Å². The summed E-state index contributed by atoms with van der Waals surface area (Å²) in [4.78, 5) is 9.14. The summed E-state index contributed by atoms with van der Waals surface area (Å²) < 4.78 is 44.1. The van der Waals surface area contributed by atoms with Gasteiger partial charge in [-0.3, -0.25) is 10.1 Å². The third kappa shape index (κ3) is 2.72. The molecule has 19 heavy (non-hydrogen) atoms. The average Bonchev–Trinajstić information content (AvgIpc) is 2.39. The molecular weight excluding hydrogens is 279 g/mol. The molecule has 1 saturated heterocycles. The average molecular weight is 290 g/mol. The number of hydrogen-bond acceptors (Lipinski definition) is 5. The summed E-state index contributed by atoms with van der Waals surface area (Å²) in [6.07, 6.45) is 0. The van der Waals surface area contributed by atoms with E-state index in [1.807, 2.05) is 0 Å². The van der Waals surface area contributed by atoms with Crippen LogP contribution in [0.4, 0.5) is 10.1 Å². The highest BCUT2D eigenvalue weighted by atomic mass is 32.2. The summed E-state index contributed by atoms with van der Waals surface area (Å²) in [6, 6.07) is 2.49. The van der Waals surface area contributed by atoms with Gasteiger partial charge in [0.15, 0.2) is 0 Å². The molecule has 7 nitrogen and oxygen atoms in total. The van der Waals surface area contributed by atoms with E-state index in [4.69, 9.17) is 4.74 Å². The molecule has 0 N–H and O–H groups in total. The number of benzene rings is 1. The van der Waals surface area contributed by atoms with Crippen molar-refractivity contribution in [3.63, 3.8) is 0 Å². The van der Waals surface area contributed by atoms with Crippen molar-refractivity contribution < 1.29 is 22.5 Å². The Morgan fingerprint density at radius 1 is 1.32 bits per heavy atom. The lowest BCUT2D eigenvalue weighted by Crippen LogP contribution is -2.40. The molecule has 0 bridgehead atoms. The van der Waals surface area contributed by atoms with Crippen molar-refractivity contribution in [1.82, 2.24) is 4.31 Å². The molecule has 0 saturated carbocycles. The van der Waals surface area contributed by atoms with E-state index in [1.54, 1.807) is 0 Å². The molecule has 0 unspecified atom stereocenters. The molecular formula is C10H11FN2O5S. The van der Waals surface area contributed by atoms with E-state index >= 15 is 0 Å². The Balaban J connectivity index is 2.37.